The molecule has 1 aliphatic heterocycles. The smallest absolute Gasteiger partial charge is 0.322 e. The van der Waals surface area contributed by atoms with E-state index in [1.807, 2.05) is 0 Å². The minimum absolute atomic E-state index is 0.243. The number of nitrogens with one attached hydrogen (secondary N) is 2. The molecule has 17 heavy (non-hydrogen) atoms. The first-order valence-corrected chi connectivity index (χ1v) is 5.53. The highest BCUT2D eigenvalue weighted by Gasteiger charge is 2.33. The highest BCUT2D eigenvalue weighted by atomic mass is 16.6. The number of rotatable bonds is 3. The van der Waals surface area contributed by atoms with Gasteiger partial charge in [-0.1, -0.05) is 6.92 Å². The zero-order valence-electron chi connectivity index (χ0n) is 10.5. The van der Waals surface area contributed by atoms with Crippen LogP contribution < -0.4 is 10.6 Å². The lowest BCUT2D eigenvalue weighted by Gasteiger charge is -2.22. The fourth-order valence-corrected chi connectivity index (χ4v) is 1.48. The molecule has 0 bridgehead atoms. The van der Waals surface area contributed by atoms with Crippen LogP contribution in [0.15, 0.2) is 0 Å². The van der Waals surface area contributed by atoms with E-state index in [4.69, 9.17) is 4.74 Å². The Kier molecular flexibility index (Phi) is 3.75. The van der Waals surface area contributed by atoms with E-state index in [9.17, 15) is 14.4 Å². The summed E-state index contributed by atoms with van der Waals surface area (Å²) in [6, 6.07) is -1.17. The first-order valence-electron chi connectivity index (χ1n) is 5.53. The van der Waals surface area contributed by atoms with Crippen molar-refractivity contribution in [3.8, 4) is 0 Å². The van der Waals surface area contributed by atoms with E-state index in [-0.39, 0.29) is 12.4 Å². The number of carbonyl (C=O) groups excluding carboxylic acids is 3. The zero-order chi connectivity index (χ0) is 13.2. The molecule has 2 unspecified atom stereocenters. The van der Waals surface area contributed by atoms with Crippen molar-refractivity contribution in [1.82, 2.24) is 10.6 Å². The normalized spacial score (nSPS) is 21.8. The molecule has 0 radical (unpaired) electrons. The standard InChI is InChI=1S/C11H18N2O4/c1-6(9(15)17-11(2,3)4)5-7-8(14)13-10(16)12-7/h6-7H,5H2,1-4H3,(H2,12,13,14,16). The van der Waals surface area contributed by atoms with Gasteiger partial charge in [-0.3, -0.25) is 14.9 Å². The lowest BCUT2D eigenvalue weighted by atomic mass is 10.0. The molecule has 0 saturated carbocycles. The molecule has 0 spiro atoms. The van der Waals surface area contributed by atoms with Gasteiger partial charge in [0, 0.05) is 0 Å². The number of ether oxygens (including phenoxy) is 1. The van der Waals surface area contributed by atoms with E-state index in [2.05, 4.69) is 10.6 Å². The number of hydrogen-bond donors (Lipinski definition) is 2. The minimum atomic E-state index is -0.648. The molecule has 0 aromatic carbocycles. The number of esters is 1. The fourth-order valence-electron chi connectivity index (χ4n) is 1.48. The van der Waals surface area contributed by atoms with Gasteiger partial charge in [0.2, 0.25) is 0 Å². The van der Waals surface area contributed by atoms with Crippen LogP contribution in [0.2, 0.25) is 0 Å². The van der Waals surface area contributed by atoms with Gasteiger partial charge in [-0.15, -0.1) is 0 Å². The Hall–Kier alpha value is -1.59. The number of urea groups is 1. The quantitative estimate of drug-likeness (QED) is 0.559. The number of carbonyl (C=O) groups is 3. The molecular formula is C11H18N2O4. The summed E-state index contributed by atoms with van der Waals surface area (Å²) in [6.07, 6.45) is 0.243. The van der Waals surface area contributed by atoms with E-state index in [1.54, 1.807) is 27.7 Å². The maximum Gasteiger partial charge on any atom is 0.322 e. The van der Waals surface area contributed by atoms with Crippen molar-refractivity contribution in [1.29, 1.82) is 0 Å². The first-order chi connectivity index (χ1) is 7.69. The Morgan fingerprint density at radius 1 is 1.41 bits per heavy atom. The van der Waals surface area contributed by atoms with Crippen molar-refractivity contribution in [3.63, 3.8) is 0 Å². The van der Waals surface area contributed by atoms with E-state index >= 15 is 0 Å². The summed E-state index contributed by atoms with van der Waals surface area (Å²) in [6.45, 7) is 7.01. The summed E-state index contributed by atoms with van der Waals surface area (Å²) in [4.78, 5) is 33.8. The summed E-state index contributed by atoms with van der Waals surface area (Å²) in [7, 11) is 0. The Morgan fingerprint density at radius 2 is 2.00 bits per heavy atom. The minimum Gasteiger partial charge on any atom is -0.460 e. The second kappa shape index (κ2) is 4.73. The topological polar surface area (TPSA) is 84.5 Å². The lowest BCUT2D eigenvalue weighted by Crippen LogP contribution is -2.35. The largest absolute Gasteiger partial charge is 0.460 e. The average molecular weight is 242 g/mol. The Bertz CT molecular complexity index is 346. The Labute approximate surface area is 100 Å². The third kappa shape index (κ3) is 4.05. The van der Waals surface area contributed by atoms with E-state index in [0.717, 1.165) is 0 Å². The molecule has 6 nitrogen and oxygen atoms in total. The molecule has 1 rings (SSSR count). The molecule has 3 amide bonds. The molecule has 0 aromatic heterocycles. The van der Waals surface area contributed by atoms with Crippen LogP contribution in [-0.4, -0.2) is 29.6 Å². The molecule has 1 aliphatic rings. The van der Waals surface area contributed by atoms with E-state index < -0.39 is 29.5 Å². The lowest BCUT2D eigenvalue weighted by molar-refractivity contribution is -0.159. The van der Waals surface area contributed by atoms with Crippen molar-refractivity contribution in [3.05, 3.63) is 0 Å². The molecule has 1 saturated heterocycles. The maximum absolute atomic E-state index is 11.7. The molecule has 2 N–H and O–H groups in total. The molecular weight excluding hydrogens is 224 g/mol. The van der Waals surface area contributed by atoms with Gasteiger partial charge in [0.1, 0.15) is 11.6 Å². The number of hydrogen-bond acceptors (Lipinski definition) is 4. The third-order valence-electron chi connectivity index (χ3n) is 2.26. The van der Waals surface area contributed by atoms with Gasteiger partial charge in [-0.05, 0) is 27.2 Å². The Balaban J connectivity index is 2.49. The molecule has 1 heterocycles. The van der Waals surface area contributed by atoms with Crippen molar-refractivity contribution < 1.29 is 19.1 Å². The van der Waals surface area contributed by atoms with Gasteiger partial charge < -0.3 is 10.1 Å². The van der Waals surface area contributed by atoms with Gasteiger partial charge in [0.15, 0.2) is 0 Å². The Morgan fingerprint density at radius 3 is 2.41 bits per heavy atom. The summed E-state index contributed by atoms with van der Waals surface area (Å²) >= 11 is 0. The van der Waals surface area contributed by atoms with E-state index in [0.29, 0.717) is 0 Å². The highest BCUT2D eigenvalue weighted by Crippen LogP contribution is 2.15. The van der Waals surface area contributed by atoms with Crippen LogP contribution >= 0.6 is 0 Å². The van der Waals surface area contributed by atoms with Gasteiger partial charge in [0.25, 0.3) is 5.91 Å². The van der Waals surface area contributed by atoms with Crippen LogP contribution in [0.1, 0.15) is 34.1 Å². The molecule has 2 atom stereocenters. The SMILES string of the molecule is CC(CC1NC(=O)NC1=O)C(=O)OC(C)(C)C. The van der Waals surface area contributed by atoms with Crippen LogP contribution in [0.4, 0.5) is 4.79 Å². The zero-order valence-corrected chi connectivity index (χ0v) is 10.5. The summed E-state index contributed by atoms with van der Waals surface area (Å²) in [5.74, 6) is -1.21. The van der Waals surface area contributed by atoms with Crippen LogP contribution in [0, 0.1) is 5.92 Å². The predicted octanol–water partition coefficient (Wildman–Crippen LogP) is 0.562. The van der Waals surface area contributed by atoms with Crippen molar-refractivity contribution in [2.45, 2.75) is 45.8 Å². The third-order valence-corrected chi connectivity index (χ3v) is 2.26. The summed E-state index contributed by atoms with van der Waals surface area (Å²) < 4.78 is 5.19. The van der Waals surface area contributed by atoms with Crippen molar-refractivity contribution in [2.75, 3.05) is 0 Å². The molecule has 0 aromatic rings. The molecule has 96 valence electrons. The van der Waals surface area contributed by atoms with Gasteiger partial charge >= 0.3 is 12.0 Å². The van der Waals surface area contributed by atoms with Gasteiger partial charge in [-0.2, -0.15) is 0 Å². The molecule has 0 aliphatic carbocycles. The second-order valence-electron chi connectivity index (χ2n) is 5.19. The average Bonchev–Trinajstić information content (AvgIpc) is 2.42. The maximum atomic E-state index is 11.7. The monoisotopic (exact) mass is 242 g/mol. The molecule has 6 heteroatoms. The summed E-state index contributed by atoms with van der Waals surface area (Å²) in [5.41, 5.74) is -0.549. The van der Waals surface area contributed by atoms with Gasteiger partial charge in [0.05, 0.1) is 5.92 Å². The highest BCUT2D eigenvalue weighted by molar-refractivity contribution is 6.04. The summed E-state index contributed by atoms with van der Waals surface area (Å²) in [5, 5.41) is 4.56. The second-order valence-corrected chi connectivity index (χ2v) is 5.19. The van der Waals surface area contributed by atoms with Crippen molar-refractivity contribution >= 4 is 17.9 Å². The molecule has 1 fully saturated rings. The fraction of sp³-hybridized carbons (Fsp3) is 0.727. The predicted molar refractivity (Wildman–Crippen MR) is 60.1 cm³/mol. The van der Waals surface area contributed by atoms with Crippen LogP contribution in [0.25, 0.3) is 0 Å². The number of imide groups is 1. The van der Waals surface area contributed by atoms with Crippen molar-refractivity contribution in [2.24, 2.45) is 5.92 Å². The number of amides is 3. The van der Waals surface area contributed by atoms with Crippen LogP contribution in [-0.2, 0) is 14.3 Å². The van der Waals surface area contributed by atoms with Crippen LogP contribution in [0.3, 0.4) is 0 Å². The van der Waals surface area contributed by atoms with E-state index in [1.165, 1.54) is 0 Å². The first kappa shape index (κ1) is 13.5. The van der Waals surface area contributed by atoms with Gasteiger partial charge in [-0.25, -0.2) is 4.79 Å². The van der Waals surface area contributed by atoms with Crippen LogP contribution in [0.5, 0.6) is 0 Å².